The molecule has 0 radical (unpaired) electrons. The van der Waals surface area contributed by atoms with E-state index in [1.807, 2.05) is 9.80 Å². The summed E-state index contributed by atoms with van der Waals surface area (Å²) in [5.74, 6) is 0.664. The van der Waals surface area contributed by atoms with Gasteiger partial charge in [0.2, 0.25) is 11.8 Å². The van der Waals surface area contributed by atoms with Gasteiger partial charge in [0.25, 0.3) is 0 Å². The molecule has 0 aromatic rings. The Hall–Kier alpha value is -1.10. The first-order valence-corrected chi connectivity index (χ1v) is 6.42. The molecular formula is C12H18N2O3. The molecule has 1 atom stereocenters. The van der Waals surface area contributed by atoms with Crippen molar-refractivity contribution in [2.75, 3.05) is 32.8 Å². The number of carbonyl (C=O) groups excluding carboxylic acids is 2. The summed E-state index contributed by atoms with van der Waals surface area (Å²) in [6, 6.07) is 0. The van der Waals surface area contributed by atoms with Crippen molar-refractivity contribution in [3.63, 3.8) is 0 Å². The lowest BCUT2D eigenvalue weighted by atomic mass is 10.3. The topological polar surface area (TPSA) is 53.2 Å². The molecule has 0 spiro atoms. The Morgan fingerprint density at radius 2 is 2.06 bits per heavy atom. The van der Waals surface area contributed by atoms with Crippen molar-refractivity contribution in [2.24, 2.45) is 5.92 Å². The average molecular weight is 238 g/mol. The van der Waals surface area contributed by atoms with Crippen molar-refractivity contribution in [1.29, 1.82) is 0 Å². The highest BCUT2D eigenvalue weighted by Gasteiger charge is 2.35. The molecule has 3 aliphatic rings. The van der Waals surface area contributed by atoms with Crippen molar-refractivity contribution in [2.45, 2.75) is 25.4 Å². The van der Waals surface area contributed by atoms with Gasteiger partial charge in [0.05, 0.1) is 12.7 Å². The van der Waals surface area contributed by atoms with E-state index in [0.29, 0.717) is 32.6 Å². The molecule has 1 aliphatic carbocycles. The van der Waals surface area contributed by atoms with Gasteiger partial charge in [-0.2, -0.15) is 0 Å². The SMILES string of the molecule is O=C1CCN(C(=O)C2CC2)CCN1CC1CO1. The van der Waals surface area contributed by atoms with Crippen LogP contribution in [0.2, 0.25) is 0 Å². The van der Waals surface area contributed by atoms with Gasteiger partial charge < -0.3 is 14.5 Å². The van der Waals surface area contributed by atoms with Crippen LogP contribution in [-0.4, -0.2) is 60.5 Å². The van der Waals surface area contributed by atoms with E-state index in [9.17, 15) is 9.59 Å². The second kappa shape index (κ2) is 4.29. The molecular weight excluding hydrogens is 220 g/mol. The zero-order chi connectivity index (χ0) is 11.8. The molecule has 17 heavy (non-hydrogen) atoms. The second-order valence-corrected chi connectivity index (χ2v) is 5.14. The number of epoxide rings is 1. The third kappa shape index (κ3) is 2.60. The smallest absolute Gasteiger partial charge is 0.225 e. The van der Waals surface area contributed by atoms with Gasteiger partial charge in [-0.25, -0.2) is 0 Å². The molecule has 3 fully saturated rings. The van der Waals surface area contributed by atoms with Crippen molar-refractivity contribution in [3.05, 3.63) is 0 Å². The third-order valence-electron chi connectivity index (χ3n) is 3.65. The minimum Gasteiger partial charge on any atom is -0.371 e. The van der Waals surface area contributed by atoms with E-state index in [1.54, 1.807) is 0 Å². The molecule has 1 saturated carbocycles. The molecule has 0 aromatic heterocycles. The number of amides is 2. The van der Waals surface area contributed by atoms with Gasteiger partial charge in [0.15, 0.2) is 0 Å². The van der Waals surface area contributed by atoms with Crippen LogP contribution in [0.15, 0.2) is 0 Å². The lowest BCUT2D eigenvalue weighted by Gasteiger charge is -2.21. The van der Waals surface area contributed by atoms with Gasteiger partial charge in [-0.15, -0.1) is 0 Å². The maximum absolute atomic E-state index is 11.9. The molecule has 5 nitrogen and oxygen atoms in total. The summed E-state index contributed by atoms with van der Waals surface area (Å²) < 4.78 is 5.15. The lowest BCUT2D eigenvalue weighted by molar-refractivity contribution is -0.132. The molecule has 5 heteroatoms. The van der Waals surface area contributed by atoms with E-state index in [4.69, 9.17) is 4.74 Å². The molecule has 0 N–H and O–H groups in total. The number of nitrogens with zero attached hydrogens (tertiary/aromatic N) is 2. The normalized spacial score (nSPS) is 29.2. The summed E-state index contributed by atoms with van der Waals surface area (Å²) in [6.07, 6.45) is 2.77. The Balaban J connectivity index is 1.57. The Morgan fingerprint density at radius 1 is 1.29 bits per heavy atom. The quantitative estimate of drug-likeness (QED) is 0.643. The van der Waals surface area contributed by atoms with Crippen LogP contribution in [0.3, 0.4) is 0 Å². The Bertz CT molecular complexity index is 337. The molecule has 3 rings (SSSR count). The highest BCUT2D eigenvalue weighted by molar-refractivity contribution is 5.83. The summed E-state index contributed by atoms with van der Waals surface area (Å²) >= 11 is 0. The number of carbonyl (C=O) groups is 2. The second-order valence-electron chi connectivity index (χ2n) is 5.14. The Morgan fingerprint density at radius 3 is 2.71 bits per heavy atom. The van der Waals surface area contributed by atoms with Gasteiger partial charge in [0.1, 0.15) is 0 Å². The van der Waals surface area contributed by atoms with Crippen molar-refractivity contribution in [3.8, 4) is 0 Å². The van der Waals surface area contributed by atoms with Crippen LogP contribution in [0.4, 0.5) is 0 Å². The molecule has 2 amide bonds. The van der Waals surface area contributed by atoms with Gasteiger partial charge in [-0.3, -0.25) is 9.59 Å². The molecule has 0 aromatic carbocycles. The van der Waals surface area contributed by atoms with Crippen LogP contribution in [0.25, 0.3) is 0 Å². The maximum atomic E-state index is 11.9. The fourth-order valence-corrected chi connectivity index (χ4v) is 2.29. The van der Waals surface area contributed by atoms with Crippen LogP contribution in [-0.2, 0) is 14.3 Å². The molecule has 2 aliphatic heterocycles. The van der Waals surface area contributed by atoms with Crippen LogP contribution in [0.1, 0.15) is 19.3 Å². The van der Waals surface area contributed by atoms with Crippen molar-refractivity contribution in [1.82, 2.24) is 9.80 Å². The minimum atomic E-state index is 0.159. The molecule has 0 bridgehead atoms. The Labute approximate surface area is 101 Å². The largest absolute Gasteiger partial charge is 0.371 e. The maximum Gasteiger partial charge on any atom is 0.225 e. The van der Waals surface area contributed by atoms with Crippen LogP contribution in [0.5, 0.6) is 0 Å². The Kier molecular flexibility index (Phi) is 2.78. The summed E-state index contributed by atoms with van der Waals surface area (Å²) in [5.41, 5.74) is 0. The van der Waals surface area contributed by atoms with E-state index < -0.39 is 0 Å². The average Bonchev–Trinajstić information content (AvgIpc) is 3.18. The van der Waals surface area contributed by atoms with Crippen LogP contribution >= 0.6 is 0 Å². The minimum absolute atomic E-state index is 0.159. The first-order chi connectivity index (χ1) is 8.24. The monoisotopic (exact) mass is 238 g/mol. The van der Waals surface area contributed by atoms with E-state index in [2.05, 4.69) is 0 Å². The fourth-order valence-electron chi connectivity index (χ4n) is 2.29. The molecule has 94 valence electrons. The fraction of sp³-hybridized carbons (Fsp3) is 0.833. The zero-order valence-electron chi connectivity index (χ0n) is 9.93. The van der Waals surface area contributed by atoms with Crippen molar-refractivity contribution < 1.29 is 14.3 Å². The van der Waals surface area contributed by atoms with Gasteiger partial charge in [-0.1, -0.05) is 0 Å². The first-order valence-electron chi connectivity index (χ1n) is 6.42. The summed E-state index contributed by atoms with van der Waals surface area (Å²) in [6.45, 7) is 3.42. The molecule has 2 saturated heterocycles. The lowest BCUT2D eigenvalue weighted by Crippen LogP contribution is -2.38. The highest BCUT2D eigenvalue weighted by atomic mass is 16.6. The van der Waals surface area contributed by atoms with Crippen LogP contribution in [0, 0.1) is 5.92 Å². The number of ether oxygens (including phenoxy) is 1. The molecule has 1 unspecified atom stereocenters. The standard InChI is InChI=1S/C12H18N2O3/c15-11-3-4-13(12(16)9-1-2-9)5-6-14(11)7-10-8-17-10/h9-10H,1-8H2. The number of rotatable bonds is 3. The summed E-state index contributed by atoms with van der Waals surface area (Å²) in [7, 11) is 0. The van der Waals surface area contributed by atoms with Gasteiger partial charge in [0, 0.05) is 38.5 Å². The first kappa shape index (κ1) is 11.0. The highest BCUT2D eigenvalue weighted by Crippen LogP contribution is 2.31. The summed E-state index contributed by atoms with van der Waals surface area (Å²) in [4.78, 5) is 27.5. The predicted octanol–water partition coefficient (Wildman–Crippen LogP) is -0.144. The van der Waals surface area contributed by atoms with E-state index in [0.717, 1.165) is 19.4 Å². The van der Waals surface area contributed by atoms with Crippen LogP contribution < -0.4 is 0 Å². The third-order valence-corrected chi connectivity index (χ3v) is 3.65. The summed E-state index contributed by atoms with van der Waals surface area (Å²) in [5, 5.41) is 0. The van der Waals surface area contributed by atoms with E-state index in [-0.39, 0.29) is 23.8 Å². The van der Waals surface area contributed by atoms with Gasteiger partial charge >= 0.3 is 0 Å². The van der Waals surface area contributed by atoms with E-state index >= 15 is 0 Å². The van der Waals surface area contributed by atoms with E-state index in [1.165, 1.54) is 0 Å². The number of hydrogen-bond donors (Lipinski definition) is 0. The van der Waals surface area contributed by atoms with Gasteiger partial charge in [-0.05, 0) is 12.8 Å². The zero-order valence-corrected chi connectivity index (χ0v) is 9.93. The predicted molar refractivity (Wildman–Crippen MR) is 60.2 cm³/mol. The number of hydrogen-bond acceptors (Lipinski definition) is 3. The molecule has 2 heterocycles. The van der Waals surface area contributed by atoms with Crippen molar-refractivity contribution >= 4 is 11.8 Å².